The number of benzene rings is 1. The summed E-state index contributed by atoms with van der Waals surface area (Å²) in [7, 11) is 2.10. The first-order valence-corrected chi connectivity index (χ1v) is 8.34. The van der Waals surface area contributed by atoms with Gasteiger partial charge in [0.1, 0.15) is 0 Å². The van der Waals surface area contributed by atoms with Crippen molar-refractivity contribution in [1.29, 1.82) is 0 Å². The number of nitrogens with zero attached hydrogens (tertiary/aromatic N) is 4. The van der Waals surface area contributed by atoms with Crippen molar-refractivity contribution in [3.8, 4) is 0 Å². The number of aromatic nitrogens is 3. The van der Waals surface area contributed by atoms with Gasteiger partial charge in [0.15, 0.2) is 0 Å². The molecule has 0 aliphatic carbocycles. The summed E-state index contributed by atoms with van der Waals surface area (Å²) in [6.07, 6.45) is 1.76. The Morgan fingerprint density at radius 3 is 2.87 bits per heavy atom. The van der Waals surface area contributed by atoms with Crippen LogP contribution in [0.3, 0.4) is 0 Å². The Morgan fingerprint density at radius 1 is 1.17 bits per heavy atom. The van der Waals surface area contributed by atoms with Crippen molar-refractivity contribution < 1.29 is 0 Å². The van der Waals surface area contributed by atoms with Crippen LogP contribution < -0.4 is 5.32 Å². The summed E-state index contributed by atoms with van der Waals surface area (Å²) in [6.45, 7) is 3.67. The summed E-state index contributed by atoms with van der Waals surface area (Å²) >= 11 is 1.63. The fraction of sp³-hybridized carbons (Fsp3) is 0.235. The first-order chi connectivity index (χ1) is 11.2. The Balaban J connectivity index is 1.65. The van der Waals surface area contributed by atoms with Gasteiger partial charge in [-0.3, -0.25) is 4.90 Å². The van der Waals surface area contributed by atoms with Crippen molar-refractivity contribution in [2.45, 2.75) is 20.0 Å². The van der Waals surface area contributed by atoms with Crippen LogP contribution in [-0.4, -0.2) is 26.9 Å². The third-order valence-corrected chi connectivity index (χ3v) is 3.98. The van der Waals surface area contributed by atoms with Crippen LogP contribution in [0.4, 0.5) is 11.6 Å². The Labute approximate surface area is 140 Å². The molecule has 0 aliphatic heterocycles. The van der Waals surface area contributed by atoms with E-state index in [4.69, 9.17) is 0 Å². The lowest BCUT2D eigenvalue weighted by Crippen LogP contribution is -2.17. The summed E-state index contributed by atoms with van der Waals surface area (Å²) in [5.74, 6) is 0.623. The summed E-state index contributed by atoms with van der Waals surface area (Å²) in [5, 5.41) is 5.34. The molecule has 0 fully saturated rings. The lowest BCUT2D eigenvalue weighted by Gasteiger charge is -2.16. The minimum Gasteiger partial charge on any atom is -0.324 e. The van der Waals surface area contributed by atoms with Gasteiger partial charge in [-0.05, 0) is 37.7 Å². The molecule has 0 bridgehead atoms. The topological polar surface area (TPSA) is 53.9 Å². The molecule has 0 amide bonds. The fourth-order valence-electron chi connectivity index (χ4n) is 2.35. The zero-order valence-corrected chi connectivity index (χ0v) is 14.0. The van der Waals surface area contributed by atoms with Crippen LogP contribution in [0.5, 0.6) is 0 Å². The molecule has 3 aromatic rings. The highest BCUT2D eigenvalue weighted by Gasteiger charge is 2.05. The maximum atomic E-state index is 4.37. The zero-order chi connectivity index (χ0) is 16.1. The molecule has 6 heteroatoms. The van der Waals surface area contributed by atoms with Gasteiger partial charge < -0.3 is 5.32 Å². The molecule has 0 atom stereocenters. The molecule has 0 spiro atoms. The molecule has 5 nitrogen and oxygen atoms in total. The van der Waals surface area contributed by atoms with Crippen LogP contribution in [0.25, 0.3) is 0 Å². The second-order valence-corrected chi connectivity index (χ2v) is 6.22. The van der Waals surface area contributed by atoms with Gasteiger partial charge >= 0.3 is 0 Å². The molecule has 0 aliphatic rings. The van der Waals surface area contributed by atoms with Crippen molar-refractivity contribution in [2.75, 3.05) is 12.4 Å². The van der Waals surface area contributed by atoms with Gasteiger partial charge in [0, 0.05) is 36.0 Å². The molecule has 2 heterocycles. The third-order valence-electron chi connectivity index (χ3n) is 3.35. The lowest BCUT2D eigenvalue weighted by atomic mass is 10.2. The van der Waals surface area contributed by atoms with E-state index in [1.807, 2.05) is 30.6 Å². The van der Waals surface area contributed by atoms with Gasteiger partial charge in [-0.1, -0.05) is 12.1 Å². The average molecular weight is 325 g/mol. The van der Waals surface area contributed by atoms with Crippen LogP contribution >= 0.6 is 11.3 Å². The van der Waals surface area contributed by atoms with Gasteiger partial charge in [-0.2, -0.15) is 0 Å². The van der Waals surface area contributed by atoms with Gasteiger partial charge in [0.25, 0.3) is 0 Å². The number of aryl methyl sites for hydroxylation is 1. The number of nitrogens with one attached hydrogen (secondary N) is 1. The van der Waals surface area contributed by atoms with Crippen molar-refractivity contribution in [3.05, 3.63) is 64.4 Å². The molecular weight excluding hydrogens is 306 g/mol. The number of hydrogen-bond acceptors (Lipinski definition) is 6. The molecule has 1 N–H and O–H groups in total. The number of rotatable bonds is 6. The minimum atomic E-state index is 0.623. The fourth-order valence-corrected chi connectivity index (χ4v) is 2.90. The Hall–Kier alpha value is -2.31. The normalized spacial score (nSPS) is 10.9. The predicted octanol–water partition coefficient (Wildman–Crippen LogP) is 3.62. The first-order valence-electron chi connectivity index (χ1n) is 7.40. The summed E-state index contributed by atoms with van der Waals surface area (Å²) in [6, 6.07) is 10.2. The SMILES string of the molecule is Cc1ccnc(Nc2cccc(CN(C)Cc3cscn3)c2)n1. The second kappa shape index (κ2) is 7.30. The van der Waals surface area contributed by atoms with Gasteiger partial charge in [-0.15, -0.1) is 11.3 Å². The summed E-state index contributed by atoms with van der Waals surface area (Å²) in [5.41, 5.74) is 6.16. The number of anilines is 2. The van der Waals surface area contributed by atoms with Crippen molar-refractivity contribution in [2.24, 2.45) is 0 Å². The lowest BCUT2D eigenvalue weighted by molar-refractivity contribution is 0.316. The van der Waals surface area contributed by atoms with Crippen molar-refractivity contribution in [3.63, 3.8) is 0 Å². The molecule has 0 saturated heterocycles. The molecule has 3 rings (SSSR count). The monoisotopic (exact) mass is 325 g/mol. The Bertz CT molecular complexity index is 757. The van der Waals surface area contributed by atoms with E-state index in [2.05, 4.69) is 49.7 Å². The van der Waals surface area contributed by atoms with Gasteiger partial charge in [-0.25, -0.2) is 15.0 Å². The standard InChI is InChI=1S/C17H19N5S/c1-13-6-7-18-17(20-13)21-15-5-3-4-14(8-15)9-22(2)10-16-11-23-12-19-16/h3-8,11-12H,9-10H2,1-2H3,(H,18,20,21). The maximum absolute atomic E-state index is 4.37. The highest BCUT2D eigenvalue weighted by molar-refractivity contribution is 7.07. The van der Waals surface area contributed by atoms with Crippen LogP contribution in [-0.2, 0) is 13.1 Å². The van der Waals surface area contributed by atoms with Gasteiger partial charge in [0.05, 0.1) is 11.2 Å². The smallest absolute Gasteiger partial charge is 0.227 e. The van der Waals surface area contributed by atoms with Gasteiger partial charge in [0.2, 0.25) is 5.95 Å². The highest BCUT2D eigenvalue weighted by Crippen LogP contribution is 2.16. The van der Waals surface area contributed by atoms with Crippen LogP contribution in [0.1, 0.15) is 17.0 Å². The largest absolute Gasteiger partial charge is 0.324 e. The quantitative estimate of drug-likeness (QED) is 0.750. The molecular formula is C17H19N5S. The van der Waals surface area contributed by atoms with E-state index >= 15 is 0 Å². The minimum absolute atomic E-state index is 0.623. The molecule has 0 saturated carbocycles. The maximum Gasteiger partial charge on any atom is 0.227 e. The Morgan fingerprint density at radius 2 is 2.09 bits per heavy atom. The predicted molar refractivity (Wildman–Crippen MR) is 93.8 cm³/mol. The van der Waals surface area contributed by atoms with Crippen LogP contribution in [0.2, 0.25) is 0 Å². The highest BCUT2D eigenvalue weighted by atomic mass is 32.1. The second-order valence-electron chi connectivity index (χ2n) is 5.50. The average Bonchev–Trinajstić information content (AvgIpc) is 3.00. The summed E-state index contributed by atoms with van der Waals surface area (Å²) < 4.78 is 0. The first kappa shape index (κ1) is 15.6. The van der Waals surface area contributed by atoms with Crippen molar-refractivity contribution in [1.82, 2.24) is 19.9 Å². The number of thiazole rings is 1. The number of hydrogen-bond donors (Lipinski definition) is 1. The van der Waals surface area contributed by atoms with E-state index in [1.54, 1.807) is 17.5 Å². The molecule has 0 radical (unpaired) electrons. The van der Waals surface area contributed by atoms with Crippen molar-refractivity contribution >= 4 is 23.0 Å². The van der Waals surface area contributed by atoms with Crippen LogP contribution in [0, 0.1) is 6.92 Å². The molecule has 2 aromatic heterocycles. The van der Waals surface area contributed by atoms with E-state index in [-0.39, 0.29) is 0 Å². The van der Waals surface area contributed by atoms with E-state index in [1.165, 1.54) is 5.56 Å². The molecule has 23 heavy (non-hydrogen) atoms. The zero-order valence-electron chi connectivity index (χ0n) is 13.2. The molecule has 0 unspecified atom stereocenters. The Kier molecular flexibility index (Phi) is 4.95. The van der Waals surface area contributed by atoms with E-state index in [0.29, 0.717) is 5.95 Å². The molecule has 1 aromatic carbocycles. The molecule has 118 valence electrons. The third kappa shape index (κ3) is 4.58. The van der Waals surface area contributed by atoms with E-state index in [9.17, 15) is 0 Å². The van der Waals surface area contributed by atoms with Crippen LogP contribution in [0.15, 0.2) is 47.4 Å². The van der Waals surface area contributed by atoms with E-state index in [0.717, 1.165) is 30.2 Å². The summed E-state index contributed by atoms with van der Waals surface area (Å²) in [4.78, 5) is 15.2. The van der Waals surface area contributed by atoms with E-state index < -0.39 is 0 Å².